The minimum atomic E-state index is -4.14. The second-order valence-electron chi connectivity index (χ2n) is 5.23. The number of carboxylic acids is 1. The largest absolute Gasteiger partial charge is 0.481 e. The molecule has 0 spiro atoms. The standard InChI is InChI=1S/C12H20F3NO3/c13-12(14,15)4-1-7-16-8-11(19)5-2-9(3-6-11)10(17)18/h9,16,19H,1-8H2,(H,17,18). The van der Waals surface area contributed by atoms with Gasteiger partial charge in [0.15, 0.2) is 0 Å². The van der Waals surface area contributed by atoms with E-state index >= 15 is 0 Å². The Balaban J connectivity index is 2.17. The molecule has 7 heteroatoms. The summed E-state index contributed by atoms with van der Waals surface area (Å²) in [5.74, 6) is -1.26. The number of nitrogens with one attached hydrogen (secondary N) is 1. The minimum Gasteiger partial charge on any atom is -0.481 e. The Morgan fingerprint density at radius 1 is 1.32 bits per heavy atom. The molecule has 1 aliphatic rings. The Morgan fingerprint density at radius 2 is 1.89 bits per heavy atom. The fourth-order valence-electron chi connectivity index (χ4n) is 2.31. The van der Waals surface area contributed by atoms with Crippen LogP contribution in [0.2, 0.25) is 0 Å². The molecule has 0 atom stereocenters. The maximum atomic E-state index is 11.9. The van der Waals surface area contributed by atoms with Crippen LogP contribution in [0.5, 0.6) is 0 Å². The topological polar surface area (TPSA) is 69.6 Å². The molecule has 1 saturated carbocycles. The van der Waals surface area contributed by atoms with Gasteiger partial charge in [0.2, 0.25) is 0 Å². The highest BCUT2D eigenvalue weighted by atomic mass is 19.4. The summed E-state index contributed by atoms with van der Waals surface area (Å²) in [4.78, 5) is 10.8. The van der Waals surface area contributed by atoms with Gasteiger partial charge in [0, 0.05) is 13.0 Å². The normalized spacial score (nSPS) is 28.3. The predicted molar refractivity (Wildman–Crippen MR) is 62.7 cm³/mol. The lowest BCUT2D eigenvalue weighted by atomic mass is 9.79. The zero-order chi connectivity index (χ0) is 14.5. The van der Waals surface area contributed by atoms with Crippen LogP contribution < -0.4 is 5.32 Å². The molecule has 0 heterocycles. The Hall–Kier alpha value is -0.820. The molecule has 1 rings (SSSR count). The highest BCUT2D eigenvalue weighted by Crippen LogP contribution is 2.31. The Bertz CT molecular complexity index is 299. The van der Waals surface area contributed by atoms with E-state index in [9.17, 15) is 23.1 Å². The number of hydrogen-bond acceptors (Lipinski definition) is 3. The average molecular weight is 283 g/mol. The molecule has 0 aliphatic heterocycles. The third-order valence-corrected chi connectivity index (χ3v) is 3.53. The van der Waals surface area contributed by atoms with Crippen molar-refractivity contribution in [1.82, 2.24) is 5.32 Å². The fourth-order valence-corrected chi connectivity index (χ4v) is 2.31. The van der Waals surface area contributed by atoms with Gasteiger partial charge in [-0.15, -0.1) is 0 Å². The van der Waals surface area contributed by atoms with Gasteiger partial charge in [0.1, 0.15) is 0 Å². The maximum absolute atomic E-state index is 11.9. The van der Waals surface area contributed by atoms with Gasteiger partial charge in [0.05, 0.1) is 11.5 Å². The third-order valence-electron chi connectivity index (χ3n) is 3.53. The zero-order valence-electron chi connectivity index (χ0n) is 10.7. The quantitative estimate of drug-likeness (QED) is 0.651. The van der Waals surface area contributed by atoms with Crippen LogP contribution in [0.15, 0.2) is 0 Å². The van der Waals surface area contributed by atoms with Gasteiger partial charge in [-0.2, -0.15) is 13.2 Å². The summed E-state index contributed by atoms with van der Waals surface area (Å²) in [5.41, 5.74) is -0.982. The van der Waals surface area contributed by atoms with Gasteiger partial charge in [-0.05, 0) is 38.6 Å². The van der Waals surface area contributed by atoms with Crippen molar-refractivity contribution < 1.29 is 28.2 Å². The Kier molecular flexibility index (Phi) is 5.61. The summed E-state index contributed by atoms with van der Waals surface area (Å²) in [7, 11) is 0. The third kappa shape index (κ3) is 6.24. The maximum Gasteiger partial charge on any atom is 0.389 e. The lowest BCUT2D eigenvalue weighted by Gasteiger charge is -2.34. The molecule has 3 N–H and O–H groups in total. The average Bonchev–Trinajstić information content (AvgIpc) is 2.27. The predicted octanol–water partition coefficient (Wildman–Crippen LogP) is 1.92. The summed E-state index contributed by atoms with van der Waals surface area (Å²) in [6, 6.07) is 0. The van der Waals surface area contributed by atoms with Crippen molar-refractivity contribution in [1.29, 1.82) is 0 Å². The molecule has 0 bridgehead atoms. The molecule has 4 nitrogen and oxygen atoms in total. The summed E-state index contributed by atoms with van der Waals surface area (Å²) in [6.45, 7) is 0.418. The summed E-state index contributed by atoms with van der Waals surface area (Å²) in [6.07, 6.45) is -3.42. The molecular formula is C12H20F3NO3. The molecule has 1 fully saturated rings. The van der Waals surface area contributed by atoms with Crippen LogP contribution >= 0.6 is 0 Å². The molecule has 0 aromatic carbocycles. The van der Waals surface area contributed by atoms with E-state index in [4.69, 9.17) is 5.11 Å². The molecule has 112 valence electrons. The molecule has 0 aromatic heterocycles. The number of aliphatic carboxylic acids is 1. The molecule has 0 amide bonds. The fraction of sp³-hybridized carbons (Fsp3) is 0.917. The molecule has 0 radical (unpaired) electrons. The van der Waals surface area contributed by atoms with Gasteiger partial charge in [-0.25, -0.2) is 0 Å². The highest BCUT2D eigenvalue weighted by molar-refractivity contribution is 5.70. The van der Waals surface area contributed by atoms with Crippen molar-refractivity contribution in [3.05, 3.63) is 0 Å². The van der Waals surface area contributed by atoms with Crippen LogP contribution in [-0.4, -0.2) is 41.0 Å². The first-order valence-corrected chi connectivity index (χ1v) is 6.44. The summed E-state index contributed by atoms with van der Waals surface area (Å²) in [5, 5.41) is 21.8. The lowest BCUT2D eigenvalue weighted by Crippen LogP contribution is -2.44. The number of carbonyl (C=O) groups is 1. The first-order valence-electron chi connectivity index (χ1n) is 6.44. The van der Waals surface area contributed by atoms with Crippen molar-refractivity contribution in [3.8, 4) is 0 Å². The monoisotopic (exact) mass is 283 g/mol. The SMILES string of the molecule is O=C(O)C1CCC(O)(CNCCCC(F)(F)F)CC1. The minimum absolute atomic E-state index is 0.0165. The zero-order valence-corrected chi connectivity index (χ0v) is 10.7. The van der Waals surface area contributed by atoms with Crippen molar-refractivity contribution in [2.45, 2.75) is 50.3 Å². The smallest absolute Gasteiger partial charge is 0.389 e. The van der Waals surface area contributed by atoms with Crippen LogP contribution in [0.3, 0.4) is 0 Å². The first-order chi connectivity index (χ1) is 8.72. The number of alkyl halides is 3. The van der Waals surface area contributed by atoms with E-state index in [2.05, 4.69) is 5.32 Å². The van der Waals surface area contributed by atoms with Crippen molar-refractivity contribution in [2.75, 3.05) is 13.1 Å². The molecule has 0 saturated heterocycles. The van der Waals surface area contributed by atoms with E-state index in [1.807, 2.05) is 0 Å². The molecule has 1 aliphatic carbocycles. The van der Waals surface area contributed by atoms with Gasteiger partial charge in [-0.3, -0.25) is 4.79 Å². The second-order valence-corrected chi connectivity index (χ2v) is 5.23. The van der Waals surface area contributed by atoms with Gasteiger partial charge < -0.3 is 15.5 Å². The van der Waals surface area contributed by atoms with Crippen molar-refractivity contribution >= 4 is 5.97 Å². The number of halogens is 3. The van der Waals surface area contributed by atoms with E-state index in [0.717, 1.165) is 0 Å². The first kappa shape index (κ1) is 16.2. The van der Waals surface area contributed by atoms with E-state index in [1.165, 1.54) is 0 Å². The summed E-state index contributed by atoms with van der Waals surface area (Å²) < 4.78 is 35.7. The van der Waals surface area contributed by atoms with Gasteiger partial charge >= 0.3 is 12.1 Å². The van der Waals surface area contributed by atoms with Crippen LogP contribution in [0.4, 0.5) is 13.2 Å². The Morgan fingerprint density at radius 3 is 2.37 bits per heavy atom. The van der Waals surface area contributed by atoms with E-state index in [0.29, 0.717) is 25.7 Å². The van der Waals surface area contributed by atoms with Gasteiger partial charge in [-0.1, -0.05) is 0 Å². The van der Waals surface area contributed by atoms with E-state index < -0.39 is 30.1 Å². The highest BCUT2D eigenvalue weighted by Gasteiger charge is 2.35. The van der Waals surface area contributed by atoms with Crippen LogP contribution in [0, 0.1) is 5.92 Å². The number of aliphatic hydroxyl groups is 1. The molecular weight excluding hydrogens is 263 g/mol. The van der Waals surface area contributed by atoms with Crippen molar-refractivity contribution in [2.24, 2.45) is 5.92 Å². The summed E-state index contributed by atoms with van der Waals surface area (Å²) >= 11 is 0. The van der Waals surface area contributed by atoms with Crippen molar-refractivity contribution in [3.63, 3.8) is 0 Å². The number of rotatable bonds is 6. The number of carboxylic acid groups (broad SMARTS) is 1. The molecule has 19 heavy (non-hydrogen) atoms. The van der Waals surface area contributed by atoms with Crippen LogP contribution in [-0.2, 0) is 4.79 Å². The Labute approximate surface area is 110 Å². The van der Waals surface area contributed by atoms with Crippen LogP contribution in [0.25, 0.3) is 0 Å². The molecule has 0 unspecified atom stereocenters. The van der Waals surface area contributed by atoms with Gasteiger partial charge in [0.25, 0.3) is 0 Å². The lowest BCUT2D eigenvalue weighted by molar-refractivity contribution is -0.144. The number of hydrogen-bond donors (Lipinski definition) is 3. The molecule has 0 aromatic rings. The van der Waals surface area contributed by atoms with Crippen LogP contribution in [0.1, 0.15) is 38.5 Å². The second kappa shape index (κ2) is 6.56. The van der Waals surface area contributed by atoms with E-state index in [1.54, 1.807) is 0 Å². The van der Waals surface area contributed by atoms with E-state index in [-0.39, 0.29) is 19.5 Å².